The lowest BCUT2D eigenvalue weighted by Crippen LogP contribution is -2.21. The molecule has 0 saturated heterocycles. The number of hydrogen-bond acceptors (Lipinski definition) is 1. The highest BCUT2D eigenvalue weighted by Gasteiger charge is 2.54. The van der Waals surface area contributed by atoms with E-state index in [2.05, 4.69) is 19.1 Å². The van der Waals surface area contributed by atoms with Crippen LogP contribution in [0.5, 0.6) is 0 Å². The van der Waals surface area contributed by atoms with Crippen LogP contribution in [0.25, 0.3) is 0 Å². The number of fused-ring (bicyclic) bond motifs is 5. The van der Waals surface area contributed by atoms with Gasteiger partial charge >= 0.3 is 0 Å². The van der Waals surface area contributed by atoms with Gasteiger partial charge < -0.3 is 0 Å². The fourth-order valence-electron chi connectivity index (χ4n) is 4.25. The minimum absolute atomic E-state index is 0.432. The Kier molecular flexibility index (Phi) is 2.22. The van der Waals surface area contributed by atoms with Gasteiger partial charge in [-0.25, -0.2) is 0 Å². The van der Waals surface area contributed by atoms with Gasteiger partial charge in [0.25, 0.3) is 0 Å². The van der Waals surface area contributed by atoms with Crippen molar-refractivity contribution in [2.24, 2.45) is 29.6 Å². The molecule has 1 nitrogen and oxygen atoms in total. The number of Topliss-reactive ketones (excluding diaryl/α,β-unsaturated/α-hetero) is 1. The number of carbonyl (C=O) groups is 1. The monoisotopic (exact) mass is 204 g/mol. The molecule has 0 aromatic rings. The summed E-state index contributed by atoms with van der Waals surface area (Å²) in [5, 5.41) is 0. The molecule has 5 unspecified atom stereocenters. The summed E-state index contributed by atoms with van der Waals surface area (Å²) in [6.45, 7) is 2.24. The molecule has 82 valence electrons. The molecule has 15 heavy (non-hydrogen) atoms. The fraction of sp³-hybridized carbons (Fsp3) is 0.786. The van der Waals surface area contributed by atoms with Gasteiger partial charge in [0, 0.05) is 12.3 Å². The average Bonchev–Trinajstić information content (AvgIpc) is 2.88. The summed E-state index contributed by atoms with van der Waals surface area (Å²) >= 11 is 0. The third-order valence-electron chi connectivity index (χ3n) is 4.83. The van der Waals surface area contributed by atoms with Gasteiger partial charge in [0.2, 0.25) is 0 Å². The predicted octanol–water partition coefficient (Wildman–Crippen LogP) is 3.20. The fourth-order valence-corrected chi connectivity index (χ4v) is 4.25. The minimum atomic E-state index is 0.432. The van der Waals surface area contributed by atoms with Gasteiger partial charge in [-0.1, -0.05) is 31.9 Å². The Balaban J connectivity index is 1.78. The number of carbonyl (C=O) groups excluding carboxylic acids is 1. The van der Waals surface area contributed by atoms with Crippen molar-refractivity contribution in [3.63, 3.8) is 0 Å². The Labute approximate surface area is 91.9 Å². The molecule has 3 rings (SSSR count). The van der Waals surface area contributed by atoms with Crippen LogP contribution in [-0.4, -0.2) is 5.78 Å². The van der Waals surface area contributed by atoms with Crippen LogP contribution in [0, 0.1) is 29.6 Å². The van der Waals surface area contributed by atoms with E-state index in [-0.39, 0.29) is 0 Å². The van der Waals surface area contributed by atoms with Crippen molar-refractivity contribution in [3.05, 3.63) is 12.2 Å². The van der Waals surface area contributed by atoms with E-state index in [1.54, 1.807) is 0 Å². The minimum Gasteiger partial charge on any atom is -0.299 e. The van der Waals surface area contributed by atoms with Crippen molar-refractivity contribution in [2.75, 3.05) is 0 Å². The van der Waals surface area contributed by atoms with E-state index < -0.39 is 0 Å². The first-order chi connectivity index (χ1) is 7.31. The van der Waals surface area contributed by atoms with Crippen molar-refractivity contribution < 1.29 is 4.79 Å². The molecule has 0 heterocycles. The van der Waals surface area contributed by atoms with Gasteiger partial charge in [-0.3, -0.25) is 4.79 Å². The van der Waals surface area contributed by atoms with Crippen molar-refractivity contribution in [1.82, 2.24) is 0 Å². The Morgan fingerprint density at radius 2 is 2.13 bits per heavy atom. The molecule has 0 aromatic carbocycles. The van der Waals surface area contributed by atoms with Crippen LogP contribution in [0.4, 0.5) is 0 Å². The highest BCUT2D eigenvalue weighted by molar-refractivity contribution is 5.85. The summed E-state index contributed by atoms with van der Waals surface area (Å²) in [7, 11) is 0. The van der Waals surface area contributed by atoms with Gasteiger partial charge in [-0.15, -0.1) is 0 Å². The zero-order valence-corrected chi connectivity index (χ0v) is 9.49. The van der Waals surface area contributed by atoms with Crippen molar-refractivity contribution in [3.8, 4) is 0 Å². The van der Waals surface area contributed by atoms with Gasteiger partial charge in [0.15, 0.2) is 0 Å². The molecule has 1 heteroatoms. The second-order valence-electron chi connectivity index (χ2n) is 5.62. The Morgan fingerprint density at radius 1 is 1.33 bits per heavy atom. The van der Waals surface area contributed by atoms with Crippen molar-refractivity contribution in [2.45, 2.75) is 39.0 Å². The SMILES string of the molecule is CCCCC1CC(=O)C2C3C=CC(C3)C12. The van der Waals surface area contributed by atoms with E-state index in [1.807, 2.05) is 0 Å². The second-order valence-corrected chi connectivity index (χ2v) is 5.62. The molecule has 0 aliphatic heterocycles. The lowest BCUT2D eigenvalue weighted by molar-refractivity contribution is -0.121. The largest absolute Gasteiger partial charge is 0.299 e. The van der Waals surface area contributed by atoms with Gasteiger partial charge in [-0.05, 0) is 36.5 Å². The molecule has 5 atom stereocenters. The lowest BCUT2D eigenvalue weighted by Gasteiger charge is -2.24. The lowest BCUT2D eigenvalue weighted by atomic mass is 9.79. The van der Waals surface area contributed by atoms with Crippen LogP contribution < -0.4 is 0 Å². The maximum Gasteiger partial charge on any atom is 0.137 e. The van der Waals surface area contributed by atoms with Crippen LogP contribution in [-0.2, 0) is 4.79 Å². The number of ketones is 1. The summed E-state index contributed by atoms with van der Waals surface area (Å²) in [5.74, 6) is 3.86. The smallest absolute Gasteiger partial charge is 0.137 e. The molecule has 2 saturated carbocycles. The van der Waals surface area contributed by atoms with Crippen LogP contribution >= 0.6 is 0 Å². The molecule has 3 aliphatic carbocycles. The molecule has 3 aliphatic rings. The summed E-state index contributed by atoms with van der Waals surface area (Å²) in [6.07, 6.45) is 10.7. The predicted molar refractivity (Wildman–Crippen MR) is 60.4 cm³/mol. The zero-order valence-electron chi connectivity index (χ0n) is 9.49. The third-order valence-corrected chi connectivity index (χ3v) is 4.83. The number of unbranched alkanes of at least 4 members (excludes halogenated alkanes) is 1. The Bertz CT molecular complexity index is 304. The average molecular weight is 204 g/mol. The normalized spacial score (nSPS) is 46.5. The highest BCUT2D eigenvalue weighted by atomic mass is 16.1. The molecule has 2 fully saturated rings. The zero-order chi connectivity index (χ0) is 10.4. The maximum atomic E-state index is 12.0. The Morgan fingerprint density at radius 3 is 2.93 bits per heavy atom. The van der Waals surface area contributed by atoms with E-state index in [4.69, 9.17) is 0 Å². The molecule has 0 spiro atoms. The van der Waals surface area contributed by atoms with Crippen LogP contribution in [0.3, 0.4) is 0 Å². The van der Waals surface area contributed by atoms with Crippen molar-refractivity contribution >= 4 is 5.78 Å². The first-order valence-electron chi connectivity index (χ1n) is 6.52. The van der Waals surface area contributed by atoms with Gasteiger partial charge in [0.05, 0.1) is 0 Å². The quantitative estimate of drug-likeness (QED) is 0.645. The first kappa shape index (κ1) is 9.62. The topological polar surface area (TPSA) is 17.1 Å². The summed E-state index contributed by atoms with van der Waals surface area (Å²) in [6, 6.07) is 0. The van der Waals surface area contributed by atoms with E-state index in [1.165, 1.54) is 25.7 Å². The number of allylic oxidation sites excluding steroid dienone is 2. The van der Waals surface area contributed by atoms with E-state index in [9.17, 15) is 4.79 Å². The molecular weight excluding hydrogens is 184 g/mol. The third kappa shape index (κ3) is 1.32. The molecule has 0 amide bonds. The number of rotatable bonds is 3. The highest BCUT2D eigenvalue weighted by Crippen LogP contribution is 2.57. The second kappa shape index (κ2) is 3.47. The summed E-state index contributed by atoms with van der Waals surface area (Å²) < 4.78 is 0. The molecule has 0 radical (unpaired) electrons. The Hall–Kier alpha value is -0.590. The summed E-state index contributed by atoms with van der Waals surface area (Å²) in [4.78, 5) is 12.0. The first-order valence-corrected chi connectivity index (χ1v) is 6.52. The van der Waals surface area contributed by atoms with Gasteiger partial charge in [0.1, 0.15) is 5.78 Å². The number of hydrogen-bond donors (Lipinski definition) is 0. The molecule has 2 bridgehead atoms. The standard InChI is InChI=1S/C14H20O/c1-2-3-4-9-8-12(15)14-11-6-5-10(7-11)13(9)14/h5-6,9-11,13-14H,2-4,7-8H2,1H3. The molecule has 0 N–H and O–H groups in total. The van der Waals surface area contributed by atoms with E-state index >= 15 is 0 Å². The van der Waals surface area contributed by atoms with Crippen LogP contribution in [0.1, 0.15) is 39.0 Å². The van der Waals surface area contributed by atoms with E-state index in [0.717, 1.165) is 24.2 Å². The molecule has 0 aromatic heterocycles. The van der Waals surface area contributed by atoms with Crippen LogP contribution in [0.15, 0.2) is 12.2 Å². The summed E-state index contributed by atoms with van der Waals surface area (Å²) in [5.41, 5.74) is 0. The van der Waals surface area contributed by atoms with Gasteiger partial charge in [-0.2, -0.15) is 0 Å². The molecular formula is C14H20O. The van der Waals surface area contributed by atoms with Crippen LogP contribution in [0.2, 0.25) is 0 Å². The van der Waals surface area contributed by atoms with Crippen molar-refractivity contribution in [1.29, 1.82) is 0 Å². The van der Waals surface area contributed by atoms with E-state index in [0.29, 0.717) is 17.6 Å². The maximum absolute atomic E-state index is 12.0.